The second-order valence-corrected chi connectivity index (χ2v) is 5.75. The Hall–Kier alpha value is -1.89. The SMILES string of the molecule is CCOC(=O)c1ccc(COC(=O)c2cccc(I)c2)cc1. The third-order valence-electron chi connectivity index (χ3n) is 2.90. The molecule has 0 fully saturated rings. The molecule has 22 heavy (non-hydrogen) atoms. The van der Waals surface area contributed by atoms with E-state index in [1.54, 1.807) is 43.3 Å². The van der Waals surface area contributed by atoms with E-state index >= 15 is 0 Å². The van der Waals surface area contributed by atoms with Crippen LogP contribution >= 0.6 is 22.6 Å². The molecule has 2 aromatic rings. The molecular weight excluding hydrogens is 395 g/mol. The molecule has 4 nitrogen and oxygen atoms in total. The summed E-state index contributed by atoms with van der Waals surface area (Å²) < 4.78 is 11.1. The minimum absolute atomic E-state index is 0.160. The van der Waals surface area contributed by atoms with Crippen LogP contribution in [0.3, 0.4) is 0 Å². The minimum Gasteiger partial charge on any atom is -0.462 e. The predicted molar refractivity (Wildman–Crippen MR) is 90.7 cm³/mol. The van der Waals surface area contributed by atoms with Crippen LogP contribution in [0.25, 0.3) is 0 Å². The highest BCUT2D eigenvalue weighted by molar-refractivity contribution is 14.1. The molecule has 0 saturated heterocycles. The molecule has 0 spiro atoms. The quantitative estimate of drug-likeness (QED) is 0.556. The standard InChI is InChI=1S/C17H15IO4/c1-2-21-16(19)13-8-6-12(7-9-13)11-22-17(20)14-4-3-5-15(18)10-14/h3-10H,2,11H2,1H3. The van der Waals surface area contributed by atoms with Crippen LogP contribution in [-0.2, 0) is 16.1 Å². The van der Waals surface area contributed by atoms with Crippen molar-refractivity contribution in [3.05, 3.63) is 68.8 Å². The van der Waals surface area contributed by atoms with Crippen molar-refractivity contribution in [2.75, 3.05) is 6.61 Å². The van der Waals surface area contributed by atoms with Gasteiger partial charge in [-0.15, -0.1) is 0 Å². The number of esters is 2. The van der Waals surface area contributed by atoms with E-state index in [4.69, 9.17) is 9.47 Å². The summed E-state index contributed by atoms with van der Waals surface area (Å²) in [7, 11) is 0. The number of carbonyl (C=O) groups is 2. The number of hydrogen-bond acceptors (Lipinski definition) is 4. The van der Waals surface area contributed by atoms with E-state index in [2.05, 4.69) is 22.6 Å². The molecule has 5 heteroatoms. The smallest absolute Gasteiger partial charge is 0.338 e. The van der Waals surface area contributed by atoms with Crippen LogP contribution in [0.1, 0.15) is 33.2 Å². The lowest BCUT2D eigenvalue weighted by Gasteiger charge is -2.06. The van der Waals surface area contributed by atoms with Gasteiger partial charge in [-0.05, 0) is 65.4 Å². The minimum atomic E-state index is -0.368. The molecule has 0 radical (unpaired) electrons. The molecule has 0 aromatic heterocycles. The van der Waals surface area contributed by atoms with Crippen molar-refractivity contribution in [3.63, 3.8) is 0 Å². The number of rotatable bonds is 5. The maximum absolute atomic E-state index is 11.9. The molecule has 0 atom stereocenters. The molecule has 0 aliphatic heterocycles. The van der Waals surface area contributed by atoms with Crippen molar-refractivity contribution in [3.8, 4) is 0 Å². The van der Waals surface area contributed by atoms with Gasteiger partial charge in [0.1, 0.15) is 6.61 Å². The van der Waals surface area contributed by atoms with Gasteiger partial charge in [0, 0.05) is 3.57 Å². The summed E-state index contributed by atoms with van der Waals surface area (Å²) in [4.78, 5) is 23.5. The Bertz CT molecular complexity index is 665. The van der Waals surface area contributed by atoms with Crippen molar-refractivity contribution in [2.45, 2.75) is 13.5 Å². The van der Waals surface area contributed by atoms with Crippen LogP contribution in [0, 0.1) is 3.57 Å². The Kier molecular flexibility index (Phi) is 5.94. The molecule has 0 amide bonds. The number of ether oxygens (including phenoxy) is 2. The van der Waals surface area contributed by atoms with Crippen molar-refractivity contribution >= 4 is 34.5 Å². The molecule has 0 aliphatic carbocycles. The Morgan fingerprint density at radius 3 is 2.27 bits per heavy atom. The summed E-state index contributed by atoms with van der Waals surface area (Å²) in [5.74, 6) is -0.724. The fraction of sp³-hybridized carbons (Fsp3) is 0.176. The van der Waals surface area contributed by atoms with Crippen molar-refractivity contribution < 1.29 is 19.1 Å². The lowest BCUT2D eigenvalue weighted by Crippen LogP contribution is -2.06. The lowest BCUT2D eigenvalue weighted by molar-refractivity contribution is 0.0469. The third kappa shape index (κ3) is 4.56. The van der Waals surface area contributed by atoms with E-state index in [-0.39, 0.29) is 18.5 Å². The van der Waals surface area contributed by atoms with Gasteiger partial charge in [0.25, 0.3) is 0 Å². The second-order valence-electron chi connectivity index (χ2n) is 4.50. The van der Waals surface area contributed by atoms with Gasteiger partial charge in [0.05, 0.1) is 17.7 Å². The lowest BCUT2D eigenvalue weighted by atomic mass is 10.1. The fourth-order valence-electron chi connectivity index (χ4n) is 1.80. The summed E-state index contributed by atoms with van der Waals surface area (Å²) in [6.45, 7) is 2.26. The van der Waals surface area contributed by atoms with Gasteiger partial charge in [0.15, 0.2) is 0 Å². The largest absolute Gasteiger partial charge is 0.462 e. The van der Waals surface area contributed by atoms with E-state index in [0.29, 0.717) is 17.7 Å². The van der Waals surface area contributed by atoms with E-state index in [1.807, 2.05) is 12.1 Å². The zero-order chi connectivity index (χ0) is 15.9. The first kappa shape index (κ1) is 16.5. The zero-order valence-corrected chi connectivity index (χ0v) is 14.2. The Labute approximate surface area is 142 Å². The monoisotopic (exact) mass is 410 g/mol. The molecule has 2 aromatic carbocycles. The second kappa shape index (κ2) is 7.93. The first-order chi connectivity index (χ1) is 10.6. The van der Waals surface area contributed by atoms with Gasteiger partial charge in [0.2, 0.25) is 0 Å². The highest BCUT2D eigenvalue weighted by Crippen LogP contribution is 2.11. The number of halogens is 1. The predicted octanol–water partition coefficient (Wildman–Crippen LogP) is 3.82. The topological polar surface area (TPSA) is 52.6 Å². The summed E-state index contributed by atoms with van der Waals surface area (Å²) in [6, 6.07) is 14.0. The molecule has 0 heterocycles. The number of carbonyl (C=O) groups excluding carboxylic acids is 2. The summed E-state index contributed by atoms with van der Waals surface area (Å²) in [5.41, 5.74) is 1.82. The van der Waals surface area contributed by atoms with E-state index < -0.39 is 0 Å². The Balaban J connectivity index is 1.94. The molecule has 0 N–H and O–H groups in total. The van der Waals surface area contributed by atoms with E-state index in [9.17, 15) is 9.59 Å². The zero-order valence-electron chi connectivity index (χ0n) is 12.0. The van der Waals surface area contributed by atoms with Crippen LogP contribution < -0.4 is 0 Å². The average molecular weight is 410 g/mol. The van der Waals surface area contributed by atoms with Gasteiger partial charge < -0.3 is 9.47 Å². The van der Waals surface area contributed by atoms with Gasteiger partial charge in [-0.1, -0.05) is 18.2 Å². The maximum Gasteiger partial charge on any atom is 0.338 e. The first-order valence-corrected chi connectivity index (χ1v) is 7.86. The van der Waals surface area contributed by atoms with Gasteiger partial charge in [-0.3, -0.25) is 0 Å². The van der Waals surface area contributed by atoms with Crippen LogP contribution in [-0.4, -0.2) is 18.5 Å². The summed E-state index contributed by atoms with van der Waals surface area (Å²) in [5, 5.41) is 0. The first-order valence-electron chi connectivity index (χ1n) is 6.79. The molecule has 0 aliphatic rings. The van der Waals surface area contributed by atoms with Gasteiger partial charge in [-0.25, -0.2) is 9.59 Å². The third-order valence-corrected chi connectivity index (χ3v) is 3.57. The summed E-state index contributed by atoms with van der Waals surface area (Å²) in [6.07, 6.45) is 0. The fourth-order valence-corrected chi connectivity index (χ4v) is 2.34. The Morgan fingerprint density at radius 2 is 1.64 bits per heavy atom. The van der Waals surface area contributed by atoms with Crippen LogP contribution in [0.4, 0.5) is 0 Å². The molecule has 0 saturated carbocycles. The van der Waals surface area contributed by atoms with Gasteiger partial charge >= 0.3 is 11.9 Å². The van der Waals surface area contributed by atoms with Crippen LogP contribution in [0.5, 0.6) is 0 Å². The molecule has 0 unspecified atom stereocenters. The molecule has 0 bridgehead atoms. The number of benzene rings is 2. The average Bonchev–Trinajstić information content (AvgIpc) is 2.53. The van der Waals surface area contributed by atoms with Crippen molar-refractivity contribution in [1.82, 2.24) is 0 Å². The maximum atomic E-state index is 11.9. The highest BCUT2D eigenvalue weighted by atomic mass is 127. The van der Waals surface area contributed by atoms with Crippen molar-refractivity contribution in [1.29, 1.82) is 0 Å². The van der Waals surface area contributed by atoms with E-state index in [0.717, 1.165) is 9.13 Å². The molecular formula is C17H15IO4. The Morgan fingerprint density at radius 1 is 0.955 bits per heavy atom. The van der Waals surface area contributed by atoms with E-state index in [1.165, 1.54) is 0 Å². The van der Waals surface area contributed by atoms with Gasteiger partial charge in [-0.2, -0.15) is 0 Å². The molecule has 114 valence electrons. The number of hydrogen-bond donors (Lipinski definition) is 0. The molecule has 2 rings (SSSR count). The van der Waals surface area contributed by atoms with Crippen molar-refractivity contribution in [2.24, 2.45) is 0 Å². The van der Waals surface area contributed by atoms with Crippen LogP contribution in [0.15, 0.2) is 48.5 Å². The summed E-state index contributed by atoms with van der Waals surface area (Å²) >= 11 is 2.14. The normalized spacial score (nSPS) is 10.1. The highest BCUT2D eigenvalue weighted by Gasteiger charge is 2.09. The van der Waals surface area contributed by atoms with Crippen LogP contribution in [0.2, 0.25) is 0 Å².